The maximum Gasteiger partial charge on any atom is 0.213 e. The number of nitrogens with two attached hydrogens (primary N) is 1. The minimum absolute atomic E-state index is 0. The number of rotatable bonds is 8. The molecule has 0 unspecified atom stereocenters. The second kappa shape index (κ2) is 10.3. The van der Waals surface area contributed by atoms with Crippen LogP contribution in [0.5, 0.6) is 0 Å². The molecule has 0 amide bonds. The Morgan fingerprint density at radius 1 is 1.36 bits per heavy atom. The van der Waals surface area contributed by atoms with Gasteiger partial charge < -0.3 is 11.1 Å². The lowest BCUT2D eigenvalue weighted by Gasteiger charge is -2.25. The molecule has 0 aromatic heterocycles. The second-order valence-corrected chi connectivity index (χ2v) is 8.56. The molecule has 1 saturated carbocycles. The van der Waals surface area contributed by atoms with Gasteiger partial charge in [-0.15, -0.1) is 24.0 Å². The van der Waals surface area contributed by atoms with Crippen molar-refractivity contribution < 1.29 is 8.42 Å². The van der Waals surface area contributed by atoms with Crippen molar-refractivity contribution >= 4 is 45.6 Å². The van der Waals surface area contributed by atoms with Gasteiger partial charge in [0.05, 0.1) is 12.3 Å². The Balaban J connectivity index is 0.00000312. The summed E-state index contributed by atoms with van der Waals surface area (Å²) in [5.41, 5.74) is 7.90. The van der Waals surface area contributed by atoms with E-state index in [0.29, 0.717) is 18.4 Å². The number of hydrogen-bond acceptors (Lipinski definition) is 3. The summed E-state index contributed by atoms with van der Waals surface area (Å²) in [5, 5.41) is 3.00. The van der Waals surface area contributed by atoms with Crippen LogP contribution in [-0.4, -0.2) is 33.2 Å². The van der Waals surface area contributed by atoms with Gasteiger partial charge in [-0.05, 0) is 42.4 Å². The molecule has 1 fully saturated rings. The molecule has 1 aromatic carbocycles. The molecule has 1 aromatic rings. The Morgan fingerprint density at radius 2 is 2.08 bits per heavy atom. The van der Waals surface area contributed by atoms with E-state index >= 15 is 0 Å². The Bertz CT molecular complexity index is 673. The molecule has 0 saturated heterocycles. The summed E-state index contributed by atoms with van der Waals surface area (Å²) in [6.45, 7) is 4.93. The zero-order chi connectivity index (χ0) is 17.6. The van der Waals surface area contributed by atoms with Crippen molar-refractivity contribution in [3.05, 3.63) is 29.8 Å². The number of anilines is 1. The van der Waals surface area contributed by atoms with Crippen LogP contribution in [0.1, 0.15) is 44.6 Å². The van der Waals surface area contributed by atoms with Crippen molar-refractivity contribution in [1.82, 2.24) is 4.72 Å². The van der Waals surface area contributed by atoms with E-state index in [1.807, 2.05) is 18.2 Å². The van der Waals surface area contributed by atoms with Crippen molar-refractivity contribution in [1.29, 1.82) is 0 Å². The minimum atomic E-state index is -3.28. The summed E-state index contributed by atoms with van der Waals surface area (Å²) < 4.78 is 26.4. The maximum atomic E-state index is 11.9. The smallest absolute Gasteiger partial charge is 0.213 e. The molecule has 25 heavy (non-hydrogen) atoms. The number of halogens is 1. The first-order chi connectivity index (χ1) is 11.4. The fraction of sp³-hybridized carbons (Fsp3) is 0.588. The van der Waals surface area contributed by atoms with Crippen molar-refractivity contribution in [2.75, 3.05) is 24.2 Å². The topological polar surface area (TPSA) is 96.6 Å². The fourth-order valence-electron chi connectivity index (χ4n) is 2.46. The standard InChI is InChI=1S/C17H28N4O2S.HI/c1-13(2)15-7-4-8-16(11-15)21-17(18)19-9-10-24(22,23)20-12-14-5-3-6-14;/h4,7-8,11,13-14,20H,3,5-6,9-10,12H2,1-2H3,(H3,18,19,21);1H. The van der Waals surface area contributed by atoms with Crippen molar-refractivity contribution in [2.45, 2.75) is 39.0 Å². The van der Waals surface area contributed by atoms with E-state index in [-0.39, 0.29) is 42.2 Å². The lowest BCUT2D eigenvalue weighted by molar-refractivity contribution is 0.316. The predicted molar refractivity (Wildman–Crippen MR) is 115 cm³/mol. The normalized spacial score (nSPS) is 15.6. The SMILES string of the molecule is CC(C)c1cccc(NC(N)=NCCS(=O)(=O)NCC2CCC2)c1.I. The summed E-state index contributed by atoms with van der Waals surface area (Å²) >= 11 is 0. The van der Waals surface area contributed by atoms with E-state index in [1.165, 1.54) is 12.0 Å². The number of aliphatic imine (C=N–C) groups is 1. The second-order valence-electron chi connectivity index (χ2n) is 6.64. The summed E-state index contributed by atoms with van der Waals surface area (Å²) in [6.07, 6.45) is 3.44. The van der Waals surface area contributed by atoms with Crippen LogP contribution >= 0.6 is 24.0 Å². The number of sulfonamides is 1. The molecule has 0 atom stereocenters. The Hall–Kier alpha value is -0.870. The summed E-state index contributed by atoms with van der Waals surface area (Å²) in [5.74, 6) is 1.11. The maximum absolute atomic E-state index is 11.9. The molecule has 0 radical (unpaired) electrons. The molecule has 6 nitrogen and oxygen atoms in total. The summed E-state index contributed by atoms with van der Waals surface area (Å²) in [4.78, 5) is 4.10. The largest absolute Gasteiger partial charge is 0.370 e. The van der Waals surface area contributed by atoms with E-state index < -0.39 is 10.0 Å². The highest BCUT2D eigenvalue weighted by atomic mass is 127. The first-order valence-electron chi connectivity index (χ1n) is 8.50. The fourth-order valence-corrected chi connectivity index (χ4v) is 3.43. The van der Waals surface area contributed by atoms with Gasteiger partial charge >= 0.3 is 0 Å². The molecule has 2 rings (SSSR count). The van der Waals surface area contributed by atoms with E-state index in [1.54, 1.807) is 0 Å². The molecule has 0 bridgehead atoms. The van der Waals surface area contributed by atoms with Gasteiger partial charge in [0.15, 0.2) is 5.96 Å². The van der Waals surface area contributed by atoms with Crippen molar-refractivity contribution in [3.63, 3.8) is 0 Å². The molecule has 1 aliphatic carbocycles. The van der Waals surface area contributed by atoms with Gasteiger partial charge in [0.2, 0.25) is 10.0 Å². The van der Waals surface area contributed by atoms with E-state index in [4.69, 9.17) is 5.73 Å². The quantitative estimate of drug-likeness (QED) is 0.303. The first-order valence-corrected chi connectivity index (χ1v) is 10.1. The molecule has 142 valence electrons. The number of guanidine groups is 1. The van der Waals surface area contributed by atoms with Crippen LogP contribution in [0.15, 0.2) is 29.3 Å². The van der Waals surface area contributed by atoms with Crippen LogP contribution in [-0.2, 0) is 10.0 Å². The highest BCUT2D eigenvalue weighted by Gasteiger charge is 2.19. The van der Waals surface area contributed by atoms with E-state index in [2.05, 4.69) is 34.9 Å². The third-order valence-electron chi connectivity index (χ3n) is 4.28. The summed E-state index contributed by atoms with van der Waals surface area (Å²) in [6, 6.07) is 7.94. The molecule has 8 heteroatoms. The monoisotopic (exact) mass is 480 g/mol. The van der Waals surface area contributed by atoms with Gasteiger partial charge in [-0.3, -0.25) is 4.99 Å². The van der Waals surface area contributed by atoms with E-state index in [0.717, 1.165) is 18.5 Å². The molecule has 1 aliphatic rings. The predicted octanol–water partition coefficient (Wildman–Crippen LogP) is 2.87. The van der Waals surface area contributed by atoms with Gasteiger partial charge in [0, 0.05) is 12.2 Å². The molecule has 0 aliphatic heterocycles. The van der Waals surface area contributed by atoms with Gasteiger partial charge in [0.25, 0.3) is 0 Å². The van der Waals surface area contributed by atoms with Gasteiger partial charge in [-0.1, -0.05) is 32.4 Å². The number of nitrogens with one attached hydrogen (secondary N) is 2. The van der Waals surface area contributed by atoms with Gasteiger partial charge in [-0.25, -0.2) is 13.1 Å². The first kappa shape index (κ1) is 22.2. The molecule has 4 N–H and O–H groups in total. The van der Waals surface area contributed by atoms with Crippen molar-refractivity contribution in [3.8, 4) is 0 Å². The Labute approximate surface area is 168 Å². The van der Waals surface area contributed by atoms with Crippen molar-refractivity contribution in [2.24, 2.45) is 16.6 Å². The van der Waals surface area contributed by atoms with Crippen LogP contribution in [0, 0.1) is 5.92 Å². The Morgan fingerprint density at radius 3 is 2.68 bits per heavy atom. The number of benzene rings is 1. The minimum Gasteiger partial charge on any atom is -0.370 e. The molecular formula is C17H29IN4O2S. The number of hydrogen-bond donors (Lipinski definition) is 3. The average molecular weight is 480 g/mol. The van der Waals surface area contributed by atoms with E-state index in [9.17, 15) is 8.42 Å². The zero-order valence-corrected chi connectivity index (χ0v) is 18.0. The van der Waals surface area contributed by atoms with Crippen LogP contribution in [0.3, 0.4) is 0 Å². The van der Waals surface area contributed by atoms with Crippen LogP contribution in [0.2, 0.25) is 0 Å². The van der Waals surface area contributed by atoms with Gasteiger partial charge in [-0.2, -0.15) is 0 Å². The highest BCUT2D eigenvalue weighted by molar-refractivity contribution is 14.0. The molecule has 0 spiro atoms. The van der Waals surface area contributed by atoms with Gasteiger partial charge in [0.1, 0.15) is 0 Å². The average Bonchev–Trinajstić information content (AvgIpc) is 2.45. The van der Waals surface area contributed by atoms with Crippen LogP contribution < -0.4 is 15.8 Å². The molecular weight excluding hydrogens is 451 g/mol. The third-order valence-corrected chi connectivity index (χ3v) is 5.61. The summed E-state index contributed by atoms with van der Waals surface area (Å²) in [7, 11) is -3.28. The van der Waals surface area contributed by atoms with Crippen LogP contribution in [0.25, 0.3) is 0 Å². The Kier molecular flexibility index (Phi) is 9.15. The van der Waals surface area contributed by atoms with Crippen LogP contribution in [0.4, 0.5) is 5.69 Å². The number of nitrogens with zero attached hydrogens (tertiary/aromatic N) is 1. The zero-order valence-electron chi connectivity index (χ0n) is 14.9. The third kappa shape index (κ3) is 7.91. The lowest BCUT2D eigenvalue weighted by atomic mass is 9.86. The highest BCUT2D eigenvalue weighted by Crippen LogP contribution is 2.25. The molecule has 0 heterocycles. The lowest BCUT2D eigenvalue weighted by Crippen LogP contribution is -2.34.